The van der Waals surface area contributed by atoms with Gasteiger partial charge in [0.2, 0.25) is 0 Å². The Kier molecular flexibility index (Phi) is 7.18. The molecule has 0 radical (unpaired) electrons. The Labute approximate surface area is 119 Å². The summed E-state index contributed by atoms with van der Waals surface area (Å²) in [7, 11) is 0. The lowest BCUT2D eigenvalue weighted by Crippen LogP contribution is -2.46. The van der Waals surface area contributed by atoms with Crippen LogP contribution in [0.3, 0.4) is 0 Å². The molecule has 1 N–H and O–H groups in total. The van der Waals surface area contributed by atoms with Crippen molar-refractivity contribution in [3.05, 3.63) is 0 Å². The highest BCUT2D eigenvalue weighted by Crippen LogP contribution is 2.17. The molecule has 2 fully saturated rings. The summed E-state index contributed by atoms with van der Waals surface area (Å²) in [5, 5.41) is 3.61. The van der Waals surface area contributed by atoms with Crippen molar-refractivity contribution >= 4 is 0 Å². The van der Waals surface area contributed by atoms with Gasteiger partial charge in [0.05, 0.1) is 0 Å². The van der Waals surface area contributed by atoms with Crippen LogP contribution in [-0.4, -0.2) is 61.7 Å². The van der Waals surface area contributed by atoms with Crippen LogP contribution in [0.15, 0.2) is 0 Å². The van der Waals surface area contributed by atoms with Crippen LogP contribution >= 0.6 is 0 Å². The normalized spacial score (nSPS) is 26.1. The molecule has 19 heavy (non-hydrogen) atoms. The lowest BCUT2D eigenvalue weighted by Gasteiger charge is -2.36. The number of likely N-dealkylation sites (tertiary alicyclic amines) is 2. The molecule has 112 valence electrons. The van der Waals surface area contributed by atoms with Crippen molar-refractivity contribution in [1.82, 2.24) is 15.1 Å². The standard InChI is InChI=1S/C16H33N3/c1-2-9-17-15-16-8-3-4-13-19(16)14-7-12-18-10-5-6-11-18/h16-17H,2-15H2,1H3. The van der Waals surface area contributed by atoms with Crippen molar-refractivity contribution in [3.8, 4) is 0 Å². The zero-order chi connectivity index (χ0) is 13.3. The largest absolute Gasteiger partial charge is 0.315 e. The van der Waals surface area contributed by atoms with Crippen LogP contribution in [-0.2, 0) is 0 Å². The van der Waals surface area contributed by atoms with E-state index in [1.165, 1.54) is 90.8 Å². The van der Waals surface area contributed by atoms with Crippen molar-refractivity contribution in [2.45, 2.75) is 57.9 Å². The van der Waals surface area contributed by atoms with Gasteiger partial charge in [0, 0.05) is 12.6 Å². The van der Waals surface area contributed by atoms with Crippen LogP contribution in [0.2, 0.25) is 0 Å². The molecule has 0 aromatic rings. The van der Waals surface area contributed by atoms with E-state index in [0.29, 0.717) is 0 Å². The van der Waals surface area contributed by atoms with E-state index in [0.717, 1.165) is 6.04 Å². The van der Waals surface area contributed by atoms with Crippen molar-refractivity contribution in [2.24, 2.45) is 0 Å². The average Bonchev–Trinajstić information content (AvgIpc) is 2.94. The molecular weight excluding hydrogens is 234 g/mol. The third-order valence-electron chi connectivity index (χ3n) is 4.67. The minimum Gasteiger partial charge on any atom is -0.315 e. The predicted molar refractivity (Wildman–Crippen MR) is 82.7 cm³/mol. The van der Waals surface area contributed by atoms with E-state index in [1.54, 1.807) is 0 Å². The Bertz CT molecular complexity index is 226. The molecule has 2 saturated heterocycles. The number of nitrogens with one attached hydrogen (secondary N) is 1. The van der Waals surface area contributed by atoms with Gasteiger partial charge in [-0.2, -0.15) is 0 Å². The molecule has 0 bridgehead atoms. The van der Waals surface area contributed by atoms with Crippen LogP contribution in [0, 0.1) is 0 Å². The molecule has 0 aromatic carbocycles. The SMILES string of the molecule is CCCNCC1CCCCN1CCCN1CCCC1. The van der Waals surface area contributed by atoms with E-state index >= 15 is 0 Å². The summed E-state index contributed by atoms with van der Waals surface area (Å²) in [6.45, 7) is 11.3. The number of rotatable bonds is 8. The van der Waals surface area contributed by atoms with Crippen molar-refractivity contribution < 1.29 is 0 Å². The van der Waals surface area contributed by atoms with Crippen LogP contribution in [0.25, 0.3) is 0 Å². The van der Waals surface area contributed by atoms with E-state index in [2.05, 4.69) is 22.0 Å². The first-order valence-electron chi connectivity index (χ1n) is 8.57. The Morgan fingerprint density at radius 1 is 1.00 bits per heavy atom. The number of hydrogen-bond acceptors (Lipinski definition) is 3. The number of hydrogen-bond donors (Lipinski definition) is 1. The summed E-state index contributed by atoms with van der Waals surface area (Å²) in [6, 6.07) is 0.805. The summed E-state index contributed by atoms with van der Waals surface area (Å²) in [5.41, 5.74) is 0. The lowest BCUT2D eigenvalue weighted by atomic mass is 10.0. The maximum Gasteiger partial charge on any atom is 0.0220 e. The van der Waals surface area contributed by atoms with E-state index in [9.17, 15) is 0 Å². The second-order valence-corrected chi connectivity index (χ2v) is 6.29. The summed E-state index contributed by atoms with van der Waals surface area (Å²) < 4.78 is 0. The topological polar surface area (TPSA) is 18.5 Å². The fourth-order valence-corrected chi connectivity index (χ4v) is 3.53. The van der Waals surface area contributed by atoms with Gasteiger partial charge < -0.3 is 10.2 Å². The molecule has 0 aliphatic carbocycles. The Balaban J connectivity index is 1.63. The second kappa shape index (κ2) is 8.93. The molecular formula is C16H33N3. The molecule has 2 rings (SSSR count). The molecule has 0 saturated carbocycles. The van der Waals surface area contributed by atoms with Gasteiger partial charge in [0.1, 0.15) is 0 Å². The van der Waals surface area contributed by atoms with Crippen molar-refractivity contribution in [1.29, 1.82) is 0 Å². The third-order valence-corrected chi connectivity index (χ3v) is 4.67. The minimum atomic E-state index is 0.805. The van der Waals surface area contributed by atoms with Gasteiger partial charge >= 0.3 is 0 Å². The maximum atomic E-state index is 3.61. The zero-order valence-electron chi connectivity index (χ0n) is 12.9. The first kappa shape index (κ1) is 15.3. The highest BCUT2D eigenvalue weighted by Gasteiger charge is 2.21. The molecule has 3 nitrogen and oxygen atoms in total. The molecule has 2 heterocycles. The van der Waals surface area contributed by atoms with E-state index in [-0.39, 0.29) is 0 Å². The molecule has 3 heteroatoms. The second-order valence-electron chi connectivity index (χ2n) is 6.29. The minimum absolute atomic E-state index is 0.805. The van der Waals surface area contributed by atoms with Gasteiger partial charge in [-0.25, -0.2) is 0 Å². The van der Waals surface area contributed by atoms with Gasteiger partial charge in [-0.1, -0.05) is 13.3 Å². The van der Waals surface area contributed by atoms with Crippen LogP contribution in [0.4, 0.5) is 0 Å². The number of piperidine rings is 1. The van der Waals surface area contributed by atoms with Crippen LogP contribution < -0.4 is 5.32 Å². The molecule has 2 aliphatic rings. The zero-order valence-corrected chi connectivity index (χ0v) is 12.9. The lowest BCUT2D eigenvalue weighted by molar-refractivity contribution is 0.138. The molecule has 0 aromatic heterocycles. The van der Waals surface area contributed by atoms with Gasteiger partial charge in [-0.15, -0.1) is 0 Å². The quantitative estimate of drug-likeness (QED) is 0.681. The Hall–Kier alpha value is -0.120. The van der Waals surface area contributed by atoms with E-state index < -0.39 is 0 Å². The van der Waals surface area contributed by atoms with Crippen molar-refractivity contribution in [2.75, 3.05) is 45.8 Å². The van der Waals surface area contributed by atoms with Crippen LogP contribution in [0.1, 0.15) is 51.9 Å². The average molecular weight is 267 g/mol. The molecule has 1 atom stereocenters. The summed E-state index contributed by atoms with van der Waals surface area (Å²) in [6.07, 6.45) is 9.71. The van der Waals surface area contributed by atoms with Gasteiger partial charge in [0.25, 0.3) is 0 Å². The Morgan fingerprint density at radius 3 is 2.58 bits per heavy atom. The molecule has 0 amide bonds. The highest BCUT2D eigenvalue weighted by atomic mass is 15.2. The first-order valence-corrected chi connectivity index (χ1v) is 8.57. The predicted octanol–water partition coefficient (Wildman–Crippen LogP) is 2.33. The monoisotopic (exact) mass is 267 g/mol. The maximum absolute atomic E-state index is 3.61. The summed E-state index contributed by atoms with van der Waals surface area (Å²) >= 11 is 0. The van der Waals surface area contributed by atoms with Crippen molar-refractivity contribution in [3.63, 3.8) is 0 Å². The highest BCUT2D eigenvalue weighted by molar-refractivity contribution is 4.79. The van der Waals surface area contributed by atoms with Gasteiger partial charge in [0.15, 0.2) is 0 Å². The smallest absolute Gasteiger partial charge is 0.0220 e. The van der Waals surface area contributed by atoms with E-state index in [4.69, 9.17) is 0 Å². The van der Waals surface area contributed by atoms with E-state index in [1.807, 2.05) is 0 Å². The fraction of sp³-hybridized carbons (Fsp3) is 1.00. The molecule has 0 spiro atoms. The summed E-state index contributed by atoms with van der Waals surface area (Å²) in [4.78, 5) is 5.40. The third kappa shape index (κ3) is 5.41. The fourth-order valence-electron chi connectivity index (χ4n) is 3.53. The number of nitrogens with zero attached hydrogens (tertiary/aromatic N) is 2. The Morgan fingerprint density at radius 2 is 1.79 bits per heavy atom. The van der Waals surface area contributed by atoms with Gasteiger partial charge in [-0.3, -0.25) is 4.90 Å². The first-order chi connectivity index (χ1) is 9.40. The van der Waals surface area contributed by atoms with Crippen LogP contribution in [0.5, 0.6) is 0 Å². The molecule has 1 unspecified atom stereocenters. The summed E-state index contributed by atoms with van der Waals surface area (Å²) in [5.74, 6) is 0. The van der Waals surface area contributed by atoms with Gasteiger partial charge in [-0.05, 0) is 77.8 Å². The molecule has 2 aliphatic heterocycles.